The summed E-state index contributed by atoms with van der Waals surface area (Å²) in [5, 5.41) is 23.3. The number of rotatable bonds is 13. The molecule has 192 valence electrons. The third-order valence-electron chi connectivity index (χ3n) is 5.45. The Hall–Kier alpha value is -4.01. The summed E-state index contributed by atoms with van der Waals surface area (Å²) in [6.45, 7) is 0.141. The first-order valence-corrected chi connectivity index (χ1v) is 10.9. The van der Waals surface area contributed by atoms with Crippen molar-refractivity contribution in [2.45, 2.75) is 62.7 Å². The van der Waals surface area contributed by atoms with Crippen LogP contribution in [0.25, 0.3) is 0 Å². The third-order valence-corrected chi connectivity index (χ3v) is 5.45. The number of carbonyl (C=O) groups excluding carboxylic acids is 4. The summed E-state index contributed by atoms with van der Waals surface area (Å²) in [4.78, 5) is 79.9. The molecule has 1 aromatic rings. The number of carboxylic acid groups (broad SMARTS) is 2. The quantitative estimate of drug-likeness (QED) is 0.147. The van der Waals surface area contributed by atoms with E-state index < -0.39 is 72.6 Å². The van der Waals surface area contributed by atoms with Gasteiger partial charge in [0, 0.05) is 31.3 Å². The number of carboxylic acids is 2. The maximum atomic E-state index is 13.2. The highest BCUT2D eigenvalue weighted by atomic mass is 16.4. The smallest absolute Gasteiger partial charge is 0.326 e. The van der Waals surface area contributed by atoms with Gasteiger partial charge in [0.15, 0.2) is 0 Å². The Labute approximate surface area is 199 Å². The number of imidazole rings is 1. The molecule has 35 heavy (non-hydrogen) atoms. The van der Waals surface area contributed by atoms with E-state index >= 15 is 0 Å². The monoisotopic (exact) mass is 495 g/mol. The highest BCUT2D eigenvalue weighted by Crippen LogP contribution is 2.20. The van der Waals surface area contributed by atoms with Crippen molar-refractivity contribution in [2.75, 3.05) is 6.54 Å². The van der Waals surface area contributed by atoms with Crippen LogP contribution in [0.3, 0.4) is 0 Å². The number of nitrogens with two attached hydrogens (primary N) is 2. The number of hydrogen-bond donors (Lipinski definition) is 7. The number of likely N-dealkylation sites (tertiary alicyclic amines) is 1. The standard InChI is InChI=1S/C20H29N7O8/c21-11(7-15(22)28)17(31)25-12(3-4-16(29)30)19(33)27-5-1-2-14(27)18(32)26-13(20(34)35)6-10-8-23-9-24-10/h8-9,11-14H,1-7,21H2,(H2,22,28)(H,23,24)(H,25,31)(H,26,32)(H,29,30)(H,34,35). The van der Waals surface area contributed by atoms with E-state index in [-0.39, 0.29) is 25.8 Å². The van der Waals surface area contributed by atoms with Gasteiger partial charge in [-0.25, -0.2) is 9.78 Å². The molecule has 4 unspecified atom stereocenters. The normalized spacial score (nSPS) is 17.7. The maximum absolute atomic E-state index is 13.2. The maximum Gasteiger partial charge on any atom is 0.326 e. The van der Waals surface area contributed by atoms with Crippen molar-refractivity contribution < 1.29 is 39.0 Å². The lowest BCUT2D eigenvalue weighted by Crippen LogP contribution is -2.57. The van der Waals surface area contributed by atoms with E-state index in [9.17, 15) is 33.9 Å². The molecule has 0 saturated carbocycles. The number of aromatic amines is 1. The second kappa shape index (κ2) is 12.5. The largest absolute Gasteiger partial charge is 0.481 e. The van der Waals surface area contributed by atoms with Gasteiger partial charge in [0.2, 0.25) is 23.6 Å². The third kappa shape index (κ3) is 8.06. The first-order chi connectivity index (χ1) is 16.5. The molecule has 2 rings (SSSR count). The molecule has 1 fully saturated rings. The summed E-state index contributed by atoms with van der Waals surface area (Å²) >= 11 is 0. The molecule has 4 amide bonds. The lowest BCUT2D eigenvalue weighted by Gasteiger charge is -2.29. The van der Waals surface area contributed by atoms with Gasteiger partial charge >= 0.3 is 11.9 Å². The predicted octanol–water partition coefficient (Wildman–Crippen LogP) is -2.94. The van der Waals surface area contributed by atoms with Gasteiger partial charge in [-0.05, 0) is 19.3 Å². The predicted molar refractivity (Wildman–Crippen MR) is 117 cm³/mol. The molecule has 0 spiro atoms. The van der Waals surface area contributed by atoms with Crippen molar-refractivity contribution in [3.63, 3.8) is 0 Å². The van der Waals surface area contributed by atoms with Gasteiger partial charge in [-0.2, -0.15) is 0 Å². The molecule has 0 bridgehead atoms. The van der Waals surface area contributed by atoms with Gasteiger partial charge in [-0.1, -0.05) is 0 Å². The lowest BCUT2D eigenvalue weighted by atomic mass is 10.1. The van der Waals surface area contributed by atoms with Crippen LogP contribution < -0.4 is 22.1 Å². The van der Waals surface area contributed by atoms with Crippen LogP contribution in [0.1, 0.15) is 37.8 Å². The molecule has 0 aromatic carbocycles. The van der Waals surface area contributed by atoms with E-state index in [1.165, 1.54) is 17.4 Å². The number of nitrogens with one attached hydrogen (secondary N) is 3. The Bertz CT molecular complexity index is 951. The molecule has 2 heterocycles. The zero-order chi connectivity index (χ0) is 26.1. The van der Waals surface area contributed by atoms with Crippen LogP contribution in [0, 0.1) is 0 Å². The van der Waals surface area contributed by atoms with Crippen LogP contribution >= 0.6 is 0 Å². The molecule has 15 nitrogen and oxygen atoms in total. The van der Waals surface area contributed by atoms with Gasteiger partial charge in [-0.3, -0.25) is 24.0 Å². The summed E-state index contributed by atoms with van der Waals surface area (Å²) in [6, 6.07) is -4.97. The Kier molecular flexibility index (Phi) is 9.69. The molecule has 0 radical (unpaired) electrons. The number of carbonyl (C=O) groups is 6. The molecule has 0 aliphatic carbocycles. The minimum absolute atomic E-state index is 0.0587. The minimum atomic E-state index is -1.34. The van der Waals surface area contributed by atoms with E-state index in [2.05, 4.69) is 20.6 Å². The molecule has 15 heteroatoms. The molecular formula is C20H29N7O8. The summed E-state index contributed by atoms with van der Waals surface area (Å²) in [5.41, 5.74) is 11.1. The van der Waals surface area contributed by atoms with E-state index in [4.69, 9.17) is 16.6 Å². The fourth-order valence-electron chi connectivity index (χ4n) is 3.70. The average molecular weight is 495 g/mol. The molecule has 9 N–H and O–H groups in total. The zero-order valence-corrected chi connectivity index (χ0v) is 18.8. The fourth-order valence-corrected chi connectivity index (χ4v) is 3.70. The molecule has 1 aromatic heterocycles. The number of nitrogens with zero attached hydrogens (tertiary/aromatic N) is 2. The molecule has 1 aliphatic heterocycles. The number of aromatic nitrogens is 2. The van der Waals surface area contributed by atoms with Crippen LogP contribution in [-0.2, 0) is 35.2 Å². The number of hydrogen-bond acceptors (Lipinski definition) is 8. The van der Waals surface area contributed by atoms with Crippen molar-refractivity contribution in [3.8, 4) is 0 Å². The van der Waals surface area contributed by atoms with Crippen LogP contribution in [0.4, 0.5) is 0 Å². The first kappa shape index (κ1) is 27.2. The summed E-state index contributed by atoms with van der Waals surface area (Å²) in [6.07, 6.45) is 2.19. The zero-order valence-electron chi connectivity index (χ0n) is 18.8. The Morgan fingerprint density at radius 2 is 1.89 bits per heavy atom. The number of primary amides is 1. The highest BCUT2D eigenvalue weighted by Gasteiger charge is 2.39. The van der Waals surface area contributed by atoms with Crippen molar-refractivity contribution in [2.24, 2.45) is 11.5 Å². The molecule has 1 saturated heterocycles. The van der Waals surface area contributed by atoms with Crippen molar-refractivity contribution in [3.05, 3.63) is 18.2 Å². The van der Waals surface area contributed by atoms with Gasteiger partial charge in [0.05, 0.1) is 18.8 Å². The van der Waals surface area contributed by atoms with Crippen LogP contribution in [-0.4, -0.2) is 91.4 Å². The lowest BCUT2D eigenvalue weighted by molar-refractivity contribution is -0.145. The molecule has 1 aliphatic rings. The van der Waals surface area contributed by atoms with E-state index in [0.717, 1.165) is 0 Å². The number of aliphatic carboxylic acids is 2. The topological polar surface area (TPSA) is 251 Å². The number of amides is 4. The van der Waals surface area contributed by atoms with Crippen LogP contribution in [0.15, 0.2) is 12.5 Å². The van der Waals surface area contributed by atoms with Crippen LogP contribution in [0.5, 0.6) is 0 Å². The summed E-state index contributed by atoms with van der Waals surface area (Å²) < 4.78 is 0. The second-order valence-electron chi connectivity index (χ2n) is 8.14. The van der Waals surface area contributed by atoms with Crippen molar-refractivity contribution in [1.29, 1.82) is 0 Å². The van der Waals surface area contributed by atoms with E-state index in [1.807, 2.05) is 0 Å². The number of H-pyrrole nitrogens is 1. The summed E-state index contributed by atoms with van der Waals surface area (Å²) in [5.74, 6) is -5.62. The van der Waals surface area contributed by atoms with Gasteiger partial charge in [0.1, 0.15) is 18.1 Å². The summed E-state index contributed by atoms with van der Waals surface area (Å²) in [7, 11) is 0. The van der Waals surface area contributed by atoms with Crippen molar-refractivity contribution in [1.82, 2.24) is 25.5 Å². The molecule has 4 atom stereocenters. The average Bonchev–Trinajstić information content (AvgIpc) is 3.46. The molecular weight excluding hydrogens is 466 g/mol. The Morgan fingerprint density at radius 3 is 2.46 bits per heavy atom. The Balaban J connectivity index is 2.12. The Morgan fingerprint density at radius 1 is 1.17 bits per heavy atom. The van der Waals surface area contributed by atoms with Gasteiger partial charge < -0.3 is 42.2 Å². The first-order valence-electron chi connectivity index (χ1n) is 10.9. The fraction of sp³-hybridized carbons (Fsp3) is 0.550. The highest BCUT2D eigenvalue weighted by molar-refractivity contribution is 5.95. The van der Waals surface area contributed by atoms with Crippen molar-refractivity contribution >= 4 is 35.6 Å². The van der Waals surface area contributed by atoms with Gasteiger partial charge in [0.25, 0.3) is 0 Å². The van der Waals surface area contributed by atoms with Crippen LogP contribution in [0.2, 0.25) is 0 Å². The second-order valence-corrected chi connectivity index (χ2v) is 8.14. The van der Waals surface area contributed by atoms with Gasteiger partial charge in [-0.15, -0.1) is 0 Å². The minimum Gasteiger partial charge on any atom is -0.481 e. The SMILES string of the molecule is NC(=O)CC(N)C(=O)NC(CCC(=O)O)C(=O)N1CCCC1C(=O)NC(Cc1cnc[nH]1)C(=O)O. The van der Waals surface area contributed by atoms with E-state index in [1.54, 1.807) is 0 Å². The van der Waals surface area contributed by atoms with E-state index in [0.29, 0.717) is 12.1 Å².